The molecule has 1 aromatic rings. The first-order chi connectivity index (χ1) is 11.8. The first-order valence-electron chi connectivity index (χ1n) is 7.63. The maximum atomic E-state index is 12.9. The van der Waals surface area contributed by atoms with Crippen LogP contribution in [0, 0.1) is 5.92 Å². The lowest BCUT2D eigenvalue weighted by Crippen LogP contribution is -2.52. The van der Waals surface area contributed by atoms with Gasteiger partial charge in [-0.15, -0.1) is 0 Å². The minimum Gasteiger partial charge on any atom is -0.548 e. The van der Waals surface area contributed by atoms with E-state index in [2.05, 4.69) is 0 Å². The fourth-order valence-electron chi connectivity index (χ4n) is 3.04. The van der Waals surface area contributed by atoms with Crippen molar-refractivity contribution in [3.05, 3.63) is 34.7 Å². The topological polar surface area (TPSA) is 80.7 Å². The van der Waals surface area contributed by atoms with Gasteiger partial charge in [0.1, 0.15) is 4.32 Å². The number of carbonyl (C=O) groups is 3. The van der Waals surface area contributed by atoms with E-state index in [0.29, 0.717) is 11.3 Å². The molecule has 2 aliphatic heterocycles. The Bertz CT molecular complexity index is 847. The molecule has 0 unspecified atom stereocenters. The Balaban J connectivity index is 2.13. The number of thioether (sulfide) groups is 1. The quantitative estimate of drug-likeness (QED) is 0.579. The maximum absolute atomic E-state index is 12.9. The van der Waals surface area contributed by atoms with Crippen molar-refractivity contribution in [2.24, 2.45) is 5.92 Å². The van der Waals surface area contributed by atoms with E-state index in [1.165, 1.54) is 4.90 Å². The molecule has 0 saturated carbocycles. The van der Waals surface area contributed by atoms with Gasteiger partial charge >= 0.3 is 0 Å². The van der Waals surface area contributed by atoms with Gasteiger partial charge in [-0.25, -0.2) is 0 Å². The second-order valence-corrected chi connectivity index (χ2v) is 7.78. The number of carbonyl (C=O) groups excluding carboxylic acids is 3. The van der Waals surface area contributed by atoms with E-state index in [1.807, 2.05) is 6.07 Å². The van der Waals surface area contributed by atoms with Gasteiger partial charge in [0.2, 0.25) is 0 Å². The number of benzene rings is 1. The summed E-state index contributed by atoms with van der Waals surface area (Å²) < 4.78 is 0.121. The van der Waals surface area contributed by atoms with Crippen molar-refractivity contribution in [2.75, 3.05) is 11.9 Å². The van der Waals surface area contributed by atoms with Crippen LogP contribution < -0.4 is 10.0 Å². The molecule has 0 aromatic heterocycles. The number of likely N-dealkylation sites (N-methyl/N-ethyl adjacent to an activating group) is 1. The average molecular weight is 375 g/mol. The van der Waals surface area contributed by atoms with Crippen molar-refractivity contribution in [1.82, 2.24) is 4.90 Å². The molecule has 0 aliphatic carbocycles. The van der Waals surface area contributed by atoms with E-state index in [0.717, 1.165) is 16.7 Å². The SMILES string of the molecule is CC(C)[C@H](C(=O)[O-])N1C(=O)/C(=C2/C(=O)N(C)c3ccccc32)SC1=S. The Morgan fingerprint density at radius 1 is 1.20 bits per heavy atom. The van der Waals surface area contributed by atoms with Gasteiger partial charge in [-0.1, -0.05) is 56.0 Å². The number of carboxylic acid groups (broad SMARTS) is 1. The van der Waals surface area contributed by atoms with Crippen LogP contribution in [0.1, 0.15) is 19.4 Å². The first-order valence-corrected chi connectivity index (χ1v) is 8.86. The molecule has 0 N–H and O–H groups in total. The average Bonchev–Trinajstić information content (AvgIpc) is 2.96. The lowest BCUT2D eigenvalue weighted by Gasteiger charge is -2.30. The maximum Gasteiger partial charge on any atom is 0.267 e. The number of hydrogen-bond donors (Lipinski definition) is 0. The lowest BCUT2D eigenvalue weighted by molar-refractivity contribution is -0.311. The number of thiocarbonyl (C=S) groups is 1. The van der Waals surface area contributed by atoms with Crippen molar-refractivity contribution < 1.29 is 19.5 Å². The molecule has 6 nitrogen and oxygen atoms in total. The fraction of sp³-hybridized carbons (Fsp3) is 0.294. The normalized spacial score (nSPS) is 21.4. The van der Waals surface area contributed by atoms with Crippen molar-refractivity contribution in [3.63, 3.8) is 0 Å². The Morgan fingerprint density at radius 3 is 2.44 bits per heavy atom. The zero-order chi connectivity index (χ0) is 18.5. The highest BCUT2D eigenvalue weighted by molar-refractivity contribution is 8.26. The molecule has 2 amide bonds. The Kier molecular flexibility index (Phi) is 4.42. The third-order valence-corrected chi connectivity index (χ3v) is 5.63. The first kappa shape index (κ1) is 17.6. The Labute approximate surface area is 154 Å². The van der Waals surface area contributed by atoms with Crippen LogP contribution in [-0.2, 0) is 14.4 Å². The molecular formula is C17H15N2O4S2-. The van der Waals surface area contributed by atoms with E-state index in [4.69, 9.17) is 12.2 Å². The third-order valence-electron chi connectivity index (χ3n) is 4.23. The third kappa shape index (κ3) is 2.65. The molecule has 1 fully saturated rings. The number of fused-ring (bicyclic) bond motifs is 1. The van der Waals surface area contributed by atoms with E-state index in [-0.39, 0.29) is 26.6 Å². The number of nitrogens with zero attached hydrogens (tertiary/aromatic N) is 2. The number of aliphatic carboxylic acids is 1. The highest BCUT2D eigenvalue weighted by atomic mass is 32.2. The van der Waals surface area contributed by atoms with Gasteiger partial charge in [0.15, 0.2) is 0 Å². The van der Waals surface area contributed by atoms with E-state index in [1.54, 1.807) is 39.1 Å². The van der Waals surface area contributed by atoms with Crippen LogP contribution >= 0.6 is 24.0 Å². The van der Waals surface area contributed by atoms with Crippen molar-refractivity contribution >= 4 is 57.3 Å². The molecule has 0 radical (unpaired) electrons. The van der Waals surface area contributed by atoms with Crippen molar-refractivity contribution in [1.29, 1.82) is 0 Å². The fourth-order valence-corrected chi connectivity index (χ4v) is 4.44. The smallest absolute Gasteiger partial charge is 0.267 e. The summed E-state index contributed by atoms with van der Waals surface area (Å²) in [5, 5.41) is 11.5. The van der Waals surface area contributed by atoms with Crippen LogP contribution in [0.25, 0.3) is 5.57 Å². The molecule has 1 saturated heterocycles. The van der Waals surface area contributed by atoms with Crippen LogP contribution in [0.4, 0.5) is 5.69 Å². The molecule has 0 bridgehead atoms. The van der Waals surface area contributed by atoms with Gasteiger partial charge in [-0.2, -0.15) is 0 Å². The summed E-state index contributed by atoms with van der Waals surface area (Å²) in [6, 6.07) is 5.97. The number of hydrogen-bond acceptors (Lipinski definition) is 6. The highest BCUT2D eigenvalue weighted by Gasteiger charge is 2.44. The second kappa shape index (κ2) is 6.27. The number of rotatable bonds is 3. The van der Waals surface area contributed by atoms with Gasteiger partial charge < -0.3 is 14.8 Å². The summed E-state index contributed by atoms with van der Waals surface area (Å²) >= 11 is 6.19. The molecule has 1 atom stereocenters. The summed E-state index contributed by atoms with van der Waals surface area (Å²) in [6.45, 7) is 3.35. The molecule has 1 aromatic carbocycles. The van der Waals surface area contributed by atoms with Gasteiger partial charge in [0, 0.05) is 12.6 Å². The van der Waals surface area contributed by atoms with Crippen LogP contribution in [0.5, 0.6) is 0 Å². The molecule has 8 heteroatoms. The van der Waals surface area contributed by atoms with Crippen LogP contribution in [0.15, 0.2) is 29.2 Å². The van der Waals surface area contributed by atoms with Gasteiger partial charge in [0.05, 0.1) is 28.2 Å². The predicted octanol–water partition coefficient (Wildman–Crippen LogP) is 1.01. The number of amides is 2. The summed E-state index contributed by atoms with van der Waals surface area (Å²) in [6.07, 6.45) is 0. The summed E-state index contributed by atoms with van der Waals surface area (Å²) in [5.74, 6) is -2.62. The van der Waals surface area contributed by atoms with Crippen molar-refractivity contribution in [2.45, 2.75) is 19.9 Å². The lowest BCUT2D eigenvalue weighted by atomic mass is 10.0. The second-order valence-electron chi connectivity index (χ2n) is 6.14. The summed E-state index contributed by atoms with van der Waals surface area (Å²) in [7, 11) is 1.63. The molecule has 25 heavy (non-hydrogen) atoms. The molecule has 130 valence electrons. The minimum atomic E-state index is -1.37. The molecule has 0 spiro atoms. The highest BCUT2D eigenvalue weighted by Crippen LogP contribution is 2.44. The van der Waals surface area contributed by atoms with Crippen LogP contribution in [-0.4, -0.2) is 40.1 Å². The number of anilines is 1. The van der Waals surface area contributed by atoms with Gasteiger partial charge in [-0.05, 0) is 12.0 Å². The zero-order valence-corrected chi connectivity index (χ0v) is 15.4. The standard InChI is InChI=1S/C17H16N2O4S2/c1-8(2)12(16(22)23)19-15(21)13(25-17(19)24)11-9-6-4-5-7-10(9)18(3)14(11)20/h4-8,12H,1-3H3,(H,22,23)/p-1/b13-11-/t12-/m1/s1. The number of para-hydroxylation sites is 1. The van der Waals surface area contributed by atoms with Gasteiger partial charge in [-0.3, -0.25) is 14.5 Å². The zero-order valence-electron chi connectivity index (χ0n) is 13.8. The molecule has 3 rings (SSSR count). The summed E-state index contributed by atoms with van der Waals surface area (Å²) in [4.78, 5) is 39.8. The van der Waals surface area contributed by atoms with E-state index in [9.17, 15) is 19.5 Å². The monoisotopic (exact) mass is 375 g/mol. The molecule has 2 heterocycles. The predicted molar refractivity (Wildman–Crippen MR) is 97.4 cm³/mol. The van der Waals surface area contributed by atoms with Gasteiger partial charge in [0.25, 0.3) is 11.8 Å². The Morgan fingerprint density at radius 2 is 1.84 bits per heavy atom. The number of carboxylic acids is 1. The van der Waals surface area contributed by atoms with Crippen LogP contribution in [0.3, 0.4) is 0 Å². The van der Waals surface area contributed by atoms with E-state index >= 15 is 0 Å². The molecular weight excluding hydrogens is 360 g/mol. The van der Waals surface area contributed by atoms with Crippen LogP contribution in [0.2, 0.25) is 0 Å². The largest absolute Gasteiger partial charge is 0.548 e. The summed E-state index contributed by atoms with van der Waals surface area (Å²) in [5.41, 5.74) is 1.61. The Hall–Kier alpha value is -2.19. The van der Waals surface area contributed by atoms with E-state index < -0.39 is 17.9 Å². The molecule has 2 aliphatic rings. The van der Waals surface area contributed by atoms with Crippen molar-refractivity contribution in [3.8, 4) is 0 Å². The minimum absolute atomic E-state index is 0.121.